The van der Waals surface area contributed by atoms with E-state index >= 15 is 0 Å². The van der Waals surface area contributed by atoms with Crippen molar-refractivity contribution in [3.05, 3.63) is 61.6 Å². The molecule has 4 N–H and O–H groups in total. The van der Waals surface area contributed by atoms with E-state index in [1.165, 1.54) is 16.7 Å². The second-order valence-corrected chi connectivity index (χ2v) is 10.00. The summed E-state index contributed by atoms with van der Waals surface area (Å²) < 4.78 is 16.8. The van der Waals surface area contributed by atoms with Crippen LogP contribution in [0.5, 0.6) is 0 Å². The molecular weight excluding hydrogens is 554 g/mol. The summed E-state index contributed by atoms with van der Waals surface area (Å²) in [5, 5.41) is 0. The first-order valence-electron chi connectivity index (χ1n) is 9.16. The van der Waals surface area contributed by atoms with E-state index in [1.54, 1.807) is 20.0 Å². The number of nitrogens with zero attached hydrogens (tertiary/aromatic N) is 3. The Kier molecular flexibility index (Phi) is 9.91. The number of thioether (sulfide) groups is 1. The summed E-state index contributed by atoms with van der Waals surface area (Å²) >= 11 is 3.74. The molecule has 0 bridgehead atoms. The quantitative estimate of drug-likeness (QED) is 0.207. The van der Waals surface area contributed by atoms with E-state index in [0.29, 0.717) is 35.1 Å². The molecule has 0 radical (unpaired) electrons. The number of halogens is 1. The molecule has 31 heavy (non-hydrogen) atoms. The zero-order chi connectivity index (χ0) is 23.0. The standard InChI is InChI=1S/C19H24IN4O5PS/c1-13(24(12-25)10-16-9-22-14(2)23-19(16)21)18(7-8-29-30(26,27)28)31-11-15-5-3-4-6-17(15)20/h3-6,9,12H,7-8,10-11H2,1-2H3,(H2,21,22,23)(H2,26,27,28)/b18-13-. The summed E-state index contributed by atoms with van der Waals surface area (Å²) in [4.78, 5) is 40.3. The molecule has 2 rings (SSSR count). The number of aromatic nitrogens is 2. The van der Waals surface area contributed by atoms with E-state index < -0.39 is 7.82 Å². The largest absolute Gasteiger partial charge is 0.469 e. The van der Waals surface area contributed by atoms with E-state index in [1.807, 2.05) is 24.3 Å². The lowest BCUT2D eigenvalue weighted by Crippen LogP contribution is -2.22. The van der Waals surface area contributed by atoms with Gasteiger partial charge in [-0.1, -0.05) is 18.2 Å². The van der Waals surface area contributed by atoms with Crippen molar-refractivity contribution in [3.63, 3.8) is 0 Å². The molecule has 0 atom stereocenters. The number of hydrogen-bond acceptors (Lipinski definition) is 7. The SMILES string of the molecule is C/C(=C(\CCOP(=O)(O)O)SCc1ccccc1I)N(C=O)Cc1cnc(C)nc1N. The van der Waals surface area contributed by atoms with Gasteiger partial charge in [-0.3, -0.25) is 9.32 Å². The average Bonchev–Trinajstić information content (AvgIpc) is 2.70. The van der Waals surface area contributed by atoms with Crippen molar-refractivity contribution in [2.75, 3.05) is 12.3 Å². The number of amides is 1. The number of anilines is 1. The number of nitrogens with two attached hydrogens (primary N) is 1. The van der Waals surface area contributed by atoms with Crippen LogP contribution in [0.2, 0.25) is 0 Å². The fourth-order valence-corrected chi connectivity index (χ4v) is 4.91. The Morgan fingerprint density at radius 3 is 2.68 bits per heavy atom. The van der Waals surface area contributed by atoms with E-state index in [0.717, 1.165) is 14.0 Å². The van der Waals surface area contributed by atoms with Crippen molar-refractivity contribution < 1.29 is 23.7 Å². The van der Waals surface area contributed by atoms with Crippen molar-refractivity contribution in [2.45, 2.75) is 32.6 Å². The van der Waals surface area contributed by atoms with Crippen LogP contribution in [0.15, 0.2) is 41.1 Å². The number of carbonyl (C=O) groups excluding carboxylic acids is 1. The molecule has 0 aliphatic carbocycles. The Bertz CT molecular complexity index is 1000. The Morgan fingerprint density at radius 1 is 1.35 bits per heavy atom. The number of carbonyl (C=O) groups is 1. The number of phosphoric acid groups is 1. The molecule has 0 unspecified atom stereocenters. The van der Waals surface area contributed by atoms with Crippen LogP contribution in [0, 0.1) is 10.5 Å². The first-order valence-corrected chi connectivity index (χ1v) is 12.8. The highest BCUT2D eigenvalue weighted by molar-refractivity contribution is 14.1. The second-order valence-electron chi connectivity index (χ2n) is 6.52. The molecule has 12 heteroatoms. The van der Waals surface area contributed by atoms with Gasteiger partial charge in [0.15, 0.2) is 0 Å². The maximum absolute atomic E-state index is 11.8. The average molecular weight is 578 g/mol. The molecule has 0 spiro atoms. The van der Waals surface area contributed by atoms with Gasteiger partial charge < -0.3 is 20.4 Å². The third-order valence-electron chi connectivity index (χ3n) is 4.27. The molecule has 1 heterocycles. The van der Waals surface area contributed by atoms with Gasteiger partial charge in [0.2, 0.25) is 6.41 Å². The number of aryl methyl sites for hydroxylation is 1. The van der Waals surface area contributed by atoms with Gasteiger partial charge in [-0.05, 0) is 48.1 Å². The van der Waals surface area contributed by atoms with Crippen molar-refractivity contribution in [1.29, 1.82) is 0 Å². The van der Waals surface area contributed by atoms with Crippen LogP contribution in [-0.4, -0.2) is 37.7 Å². The maximum atomic E-state index is 11.8. The molecule has 1 aromatic carbocycles. The van der Waals surface area contributed by atoms with Gasteiger partial charge in [-0.2, -0.15) is 0 Å². The minimum Gasteiger partial charge on any atom is -0.383 e. The second kappa shape index (κ2) is 11.9. The summed E-state index contributed by atoms with van der Waals surface area (Å²) in [5.74, 6) is 1.46. The lowest BCUT2D eigenvalue weighted by atomic mass is 10.2. The summed E-state index contributed by atoms with van der Waals surface area (Å²) in [6.07, 6.45) is 2.50. The predicted molar refractivity (Wildman–Crippen MR) is 129 cm³/mol. The lowest BCUT2D eigenvalue weighted by Gasteiger charge is -2.22. The van der Waals surface area contributed by atoms with E-state index in [2.05, 4.69) is 37.1 Å². The molecule has 9 nitrogen and oxygen atoms in total. The van der Waals surface area contributed by atoms with Crippen molar-refractivity contribution >= 4 is 54.4 Å². The van der Waals surface area contributed by atoms with Crippen molar-refractivity contribution in [3.8, 4) is 0 Å². The molecule has 0 aliphatic rings. The monoisotopic (exact) mass is 578 g/mol. The van der Waals surface area contributed by atoms with Gasteiger partial charge in [0, 0.05) is 38.1 Å². The molecule has 2 aromatic rings. The minimum atomic E-state index is -4.58. The van der Waals surface area contributed by atoms with E-state index in [-0.39, 0.29) is 19.6 Å². The fourth-order valence-electron chi connectivity index (χ4n) is 2.61. The number of benzene rings is 1. The number of hydrogen-bond donors (Lipinski definition) is 3. The number of phosphoric ester groups is 1. The molecule has 0 saturated heterocycles. The summed E-state index contributed by atoms with van der Waals surface area (Å²) in [7, 11) is -4.58. The third-order valence-corrected chi connectivity index (χ3v) is 7.14. The van der Waals surface area contributed by atoms with Crippen LogP contribution in [0.25, 0.3) is 0 Å². The topological polar surface area (TPSA) is 139 Å². The first kappa shape index (κ1) is 25.8. The van der Waals surface area contributed by atoms with Crippen molar-refractivity contribution in [2.24, 2.45) is 0 Å². The Morgan fingerprint density at radius 2 is 2.06 bits per heavy atom. The highest BCUT2D eigenvalue weighted by atomic mass is 127. The fraction of sp³-hybridized carbons (Fsp3) is 0.316. The number of rotatable bonds is 11. The van der Waals surface area contributed by atoms with Gasteiger partial charge in [0.1, 0.15) is 11.6 Å². The van der Waals surface area contributed by atoms with Crippen LogP contribution in [0.3, 0.4) is 0 Å². The van der Waals surface area contributed by atoms with Gasteiger partial charge >= 0.3 is 7.82 Å². The number of allylic oxidation sites excluding steroid dienone is 1. The smallest absolute Gasteiger partial charge is 0.383 e. The van der Waals surface area contributed by atoms with Crippen molar-refractivity contribution in [1.82, 2.24) is 14.9 Å². The van der Waals surface area contributed by atoms with Gasteiger partial charge in [0.25, 0.3) is 0 Å². The first-order chi connectivity index (χ1) is 14.6. The number of nitrogen functional groups attached to an aromatic ring is 1. The van der Waals surface area contributed by atoms with Gasteiger partial charge in [-0.15, -0.1) is 11.8 Å². The van der Waals surface area contributed by atoms with Gasteiger partial charge in [-0.25, -0.2) is 14.5 Å². The molecule has 168 valence electrons. The van der Waals surface area contributed by atoms with Crippen LogP contribution in [0.4, 0.5) is 5.82 Å². The Hall–Kier alpha value is -1.50. The van der Waals surface area contributed by atoms with Crippen LogP contribution < -0.4 is 5.73 Å². The van der Waals surface area contributed by atoms with Crippen LogP contribution >= 0.6 is 42.2 Å². The Labute approximate surface area is 198 Å². The van der Waals surface area contributed by atoms with Crippen LogP contribution in [-0.2, 0) is 26.2 Å². The summed E-state index contributed by atoms with van der Waals surface area (Å²) in [5.41, 5.74) is 8.31. The third kappa shape index (κ3) is 8.51. The van der Waals surface area contributed by atoms with E-state index in [9.17, 15) is 9.36 Å². The predicted octanol–water partition coefficient (Wildman–Crippen LogP) is 3.59. The molecule has 1 amide bonds. The molecule has 0 aliphatic heterocycles. The highest BCUT2D eigenvalue weighted by Gasteiger charge is 2.18. The zero-order valence-corrected chi connectivity index (χ0v) is 20.9. The molecule has 1 aromatic heterocycles. The summed E-state index contributed by atoms with van der Waals surface area (Å²) in [6, 6.07) is 7.91. The molecule has 0 fully saturated rings. The van der Waals surface area contributed by atoms with E-state index in [4.69, 9.17) is 15.5 Å². The molecular formula is C19H24IN4O5PS. The summed E-state index contributed by atoms with van der Waals surface area (Å²) in [6.45, 7) is 3.49. The zero-order valence-electron chi connectivity index (χ0n) is 17.1. The maximum Gasteiger partial charge on any atom is 0.469 e. The Balaban J connectivity index is 2.26. The van der Waals surface area contributed by atoms with Gasteiger partial charge in [0.05, 0.1) is 13.2 Å². The van der Waals surface area contributed by atoms with Crippen LogP contribution in [0.1, 0.15) is 30.3 Å². The minimum absolute atomic E-state index is 0.174. The molecule has 0 saturated carbocycles. The highest BCUT2D eigenvalue weighted by Crippen LogP contribution is 2.37. The normalized spacial score (nSPS) is 12.4. The lowest BCUT2D eigenvalue weighted by molar-refractivity contribution is -0.116.